The predicted molar refractivity (Wildman–Crippen MR) is 51.2 cm³/mol. The summed E-state index contributed by atoms with van der Waals surface area (Å²) in [5, 5.41) is 12.2. The van der Waals surface area contributed by atoms with E-state index in [1.54, 1.807) is 0 Å². The molecule has 0 aliphatic carbocycles. The van der Waals surface area contributed by atoms with Crippen LogP contribution in [0.25, 0.3) is 0 Å². The van der Waals surface area contributed by atoms with Crippen LogP contribution in [0, 0.1) is 16.7 Å². The van der Waals surface area contributed by atoms with E-state index in [1.165, 1.54) is 0 Å². The Morgan fingerprint density at radius 3 is 2.77 bits per heavy atom. The largest absolute Gasteiger partial charge is 0.377 e. The summed E-state index contributed by atoms with van der Waals surface area (Å²) in [5.74, 6) is 0. The summed E-state index contributed by atoms with van der Waals surface area (Å²) >= 11 is 0. The van der Waals surface area contributed by atoms with E-state index in [-0.39, 0.29) is 11.5 Å². The van der Waals surface area contributed by atoms with Crippen molar-refractivity contribution in [2.75, 3.05) is 13.2 Å². The molecule has 13 heavy (non-hydrogen) atoms. The molecule has 1 fully saturated rings. The van der Waals surface area contributed by atoms with Gasteiger partial charge >= 0.3 is 0 Å². The Morgan fingerprint density at radius 2 is 2.31 bits per heavy atom. The first-order valence-electron chi connectivity index (χ1n) is 4.81. The molecule has 3 heteroatoms. The molecule has 1 saturated heterocycles. The molecular weight excluding hydrogens is 164 g/mol. The first-order chi connectivity index (χ1) is 6.05. The van der Waals surface area contributed by atoms with Gasteiger partial charge in [-0.05, 0) is 27.2 Å². The second-order valence-electron chi connectivity index (χ2n) is 4.35. The normalized spacial score (nSPS) is 28.8. The van der Waals surface area contributed by atoms with Crippen LogP contribution >= 0.6 is 0 Å². The molecule has 1 aliphatic rings. The number of rotatable bonds is 3. The quantitative estimate of drug-likeness (QED) is 0.715. The van der Waals surface area contributed by atoms with Gasteiger partial charge in [-0.3, -0.25) is 0 Å². The topological polar surface area (TPSA) is 45.0 Å². The zero-order valence-corrected chi connectivity index (χ0v) is 8.63. The molecule has 74 valence electrons. The summed E-state index contributed by atoms with van der Waals surface area (Å²) in [7, 11) is 0. The maximum absolute atomic E-state index is 8.81. The monoisotopic (exact) mass is 182 g/mol. The predicted octanol–water partition coefficient (Wildman–Crippen LogP) is 1.30. The van der Waals surface area contributed by atoms with Gasteiger partial charge < -0.3 is 10.1 Å². The Balaban J connectivity index is 2.30. The van der Waals surface area contributed by atoms with Gasteiger partial charge in [0.2, 0.25) is 0 Å². The van der Waals surface area contributed by atoms with Gasteiger partial charge in [-0.2, -0.15) is 5.26 Å². The number of hydrogen-bond donors (Lipinski definition) is 1. The van der Waals surface area contributed by atoms with Gasteiger partial charge in [0.25, 0.3) is 0 Å². The first-order valence-corrected chi connectivity index (χ1v) is 4.81. The zero-order chi connectivity index (χ0) is 9.90. The Morgan fingerprint density at radius 1 is 1.62 bits per heavy atom. The van der Waals surface area contributed by atoms with Gasteiger partial charge in [-0.1, -0.05) is 0 Å². The van der Waals surface area contributed by atoms with Crippen LogP contribution in [0.3, 0.4) is 0 Å². The number of nitriles is 1. The van der Waals surface area contributed by atoms with E-state index in [1.807, 2.05) is 13.8 Å². The van der Waals surface area contributed by atoms with E-state index >= 15 is 0 Å². The van der Waals surface area contributed by atoms with Gasteiger partial charge in [-0.25, -0.2) is 0 Å². The minimum atomic E-state index is -0.275. The summed E-state index contributed by atoms with van der Waals surface area (Å²) in [4.78, 5) is 0. The Bertz CT molecular complexity index is 207. The highest BCUT2D eigenvalue weighted by molar-refractivity contribution is 4.94. The average Bonchev–Trinajstić information content (AvgIpc) is 2.48. The molecule has 0 radical (unpaired) electrons. The molecule has 3 nitrogen and oxygen atoms in total. The fourth-order valence-electron chi connectivity index (χ4n) is 1.43. The fraction of sp³-hybridized carbons (Fsp3) is 0.900. The fourth-order valence-corrected chi connectivity index (χ4v) is 1.43. The van der Waals surface area contributed by atoms with Crippen molar-refractivity contribution >= 4 is 0 Å². The molecule has 1 N–H and O–H groups in total. The van der Waals surface area contributed by atoms with Gasteiger partial charge in [0.1, 0.15) is 0 Å². The Hall–Kier alpha value is -0.590. The highest BCUT2D eigenvalue weighted by Crippen LogP contribution is 2.16. The van der Waals surface area contributed by atoms with Crippen LogP contribution in [0.1, 0.15) is 27.2 Å². The van der Waals surface area contributed by atoms with Crippen molar-refractivity contribution < 1.29 is 4.74 Å². The maximum Gasteiger partial charge on any atom is 0.0700 e. The third-order valence-corrected chi connectivity index (χ3v) is 2.49. The van der Waals surface area contributed by atoms with Crippen molar-refractivity contribution in [2.45, 2.75) is 39.3 Å². The van der Waals surface area contributed by atoms with Gasteiger partial charge in [0.05, 0.1) is 17.6 Å². The standard InChI is InChI=1S/C10H18N2O/c1-8-9(4-5-13-8)12-7-10(2,3)6-11/h8-9,12H,4-5,7H2,1-3H3. The lowest BCUT2D eigenvalue weighted by Gasteiger charge is -2.21. The van der Waals surface area contributed by atoms with Crippen molar-refractivity contribution in [3.63, 3.8) is 0 Å². The molecule has 1 heterocycles. The third kappa shape index (κ3) is 2.98. The zero-order valence-electron chi connectivity index (χ0n) is 8.63. The summed E-state index contributed by atoms with van der Waals surface area (Å²) in [5.41, 5.74) is -0.275. The number of nitrogens with zero attached hydrogens (tertiary/aromatic N) is 1. The molecule has 0 spiro atoms. The van der Waals surface area contributed by atoms with Crippen LogP contribution in [0.5, 0.6) is 0 Å². The minimum Gasteiger partial charge on any atom is -0.377 e. The van der Waals surface area contributed by atoms with Crippen LogP contribution < -0.4 is 5.32 Å². The summed E-state index contributed by atoms with van der Waals surface area (Å²) in [6.07, 6.45) is 1.34. The van der Waals surface area contributed by atoms with E-state index in [9.17, 15) is 0 Å². The van der Waals surface area contributed by atoms with Crippen molar-refractivity contribution in [3.8, 4) is 6.07 Å². The molecule has 0 aromatic rings. The van der Waals surface area contributed by atoms with E-state index in [0.29, 0.717) is 6.04 Å². The summed E-state index contributed by atoms with van der Waals surface area (Å²) < 4.78 is 5.42. The van der Waals surface area contributed by atoms with Crippen molar-refractivity contribution in [3.05, 3.63) is 0 Å². The van der Waals surface area contributed by atoms with E-state index in [0.717, 1.165) is 19.6 Å². The van der Waals surface area contributed by atoms with Crippen LogP contribution in [-0.4, -0.2) is 25.3 Å². The highest BCUT2D eigenvalue weighted by atomic mass is 16.5. The lowest BCUT2D eigenvalue weighted by atomic mass is 9.95. The Labute approximate surface area is 80.1 Å². The van der Waals surface area contributed by atoms with Crippen LogP contribution in [0.2, 0.25) is 0 Å². The minimum absolute atomic E-state index is 0.275. The van der Waals surface area contributed by atoms with Gasteiger partial charge in [0, 0.05) is 19.2 Å². The number of ether oxygens (including phenoxy) is 1. The van der Waals surface area contributed by atoms with Crippen LogP contribution in [0.15, 0.2) is 0 Å². The first kappa shape index (κ1) is 10.5. The average molecular weight is 182 g/mol. The van der Waals surface area contributed by atoms with Gasteiger partial charge in [0.15, 0.2) is 0 Å². The number of hydrogen-bond acceptors (Lipinski definition) is 3. The molecule has 1 aliphatic heterocycles. The van der Waals surface area contributed by atoms with E-state index in [2.05, 4.69) is 18.3 Å². The van der Waals surface area contributed by atoms with E-state index in [4.69, 9.17) is 10.00 Å². The summed E-state index contributed by atoms with van der Waals surface area (Å²) in [6.45, 7) is 7.54. The molecule has 2 unspecified atom stereocenters. The molecule has 0 aromatic carbocycles. The maximum atomic E-state index is 8.81. The van der Waals surface area contributed by atoms with Crippen molar-refractivity contribution in [1.82, 2.24) is 5.32 Å². The molecule has 0 aromatic heterocycles. The lowest BCUT2D eigenvalue weighted by molar-refractivity contribution is 0.112. The lowest BCUT2D eigenvalue weighted by Crippen LogP contribution is -2.40. The van der Waals surface area contributed by atoms with Gasteiger partial charge in [-0.15, -0.1) is 0 Å². The van der Waals surface area contributed by atoms with Crippen molar-refractivity contribution in [1.29, 1.82) is 5.26 Å². The molecule has 0 amide bonds. The molecule has 2 atom stereocenters. The molecule has 0 bridgehead atoms. The smallest absolute Gasteiger partial charge is 0.0700 e. The SMILES string of the molecule is CC1OCCC1NCC(C)(C)C#N. The van der Waals surface area contributed by atoms with Crippen LogP contribution in [0.4, 0.5) is 0 Å². The highest BCUT2D eigenvalue weighted by Gasteiger charge is 2.26. The van der Waals surface area contributed by atoms with Crippen molar-refractivity contribution in [2.24, 2.45) is 5.41 Å². The third-order valence-electron chi connectivity index (χ3n) is 2.49. The van der Waals surface area contributed by atoms with Crippen LogP contribution in [-0.2, 0) is 4.74 Å². The second kappa shape index (κ2) is 4.08. The number of nitrogens with one attached hydrogen (secondary N) is 1. The van der Waals surface area contributed by atoms with E-state index < -0.39 is 0 Å². The molecule has 1 rings (SSSR count). The molecular formula is C10H18N2O. The summed E-state index contributed by atoms with van der Waals surface area (Å²) in [6, 6.07) is 2.70. The molecule has 0 saturated carbocycles. The second-order valence-corrected chi connectivity index (χ2v) is 4.35. The Kier molecular flexibility index (Phi) is 3.29.